The molecule has 1 aromatic heterocycles. The summed E-state index contributed by atoms with van der Waals surface area (Å²) < 4.78 is 6.15. The summed E-state index contributed by atoms with van der Waals surface area (Å²) in [5, 5.41) is 6.40. The molecule has 0 aliphatic heterocycles. The fourth-order valence-electron chi connectivity index (χ4n) is 2.95. The van der Waals surface area contributed by atoms with Crippen LogP contribution in [0.25, 0.3) is 10.6 Å². The Morgan fingerprint density at radius 3 is 2.64 bits per heavy atom. The molecule has 3 nitrogen and oxygen atoms in total. The van der Waals surface area contributed by atoms with Crippen molar-refractivity contribution in [2.45, 2.75) is 33.8 Å². The first-order chi connectivity index (χ1) is 12.1. The molecule has 0 saturated heterocycles. The fourth-order valence-corrected chi connectivity index (χ4v) is 3.75. The maximum Gasteiger partial charge on any atom is 0.123 e. The molecule has 0 unspecified atom stereocenters. The monoisotopic (exact) mass is 352 g/mol. The van der Waals surface area contributed by atoms with Crippen LogP contribution in [0.5, 0.6) is 5.75 Å². The summed E-state index contributed by atoms with van der Waals surface area (Å²) >= 11 is 1.68. The largest absolute Gasteiger partial charge is 0.489 e. The normalized spacial score (nSPS) is 10.7. The van der Waals surface area contributed by atoms with Gasteiger partial charge < -0.3 is 10.1 Å². The van der Waals surface area contributed by atoms with Crippen molar-refractivity contribution in [2.24, 2.45) is 0 Å². The second-order valence-corrected chi connectivity index (χ2v) is 6.97. The van der Waals surface area contributed by atoms with Crippen molar-refractivity contribution in [3.05, 3.63) is 64.2 Å². The summed E-state index contributed by atoms with van der Waals surface area (Å²) in [7, 11) is 1.95. The number of anilines is 1. The van der Waals surface area contributed by atoms with Gasteiger partial charge in [0.1, 0.15) is 17.4 Å². The first-order valence-corrected chi connectivity index (χ1v) is 9.44. The molecule has 130 valence electrons. The highest BCUT2D eigenvalue weighted by Crippen LogP contribution is 2.30. The Bertz CT molecular complexity index is 848. The molecule has 1 heterocycles. The molecule has 3 rings (SSSR count). The lowest BCUT2D eigenvalue weighted by molar-refractivity contribution is 0.303. The lowest BCUT2D eigenvalue weighted by atomic mass is 10.0. The topological polar surface area (TPSA) is 34.1 Å². The smallest absolute Gasteiger partial charge is 0.123 e. The summed E-state index contributed by atoms with van der Waals surface area (Å²) in [6.45, 7) is 6.85. The van der Waals surface area contributed by atoms with Crippen molar-refractivity contribution in [2.75, 3.05) is 12.4 Å². The van der Waals surface area contributed by atoms with Crippen LogP contribution >= 0.6 is 11.3 Å². The molecule has 0 atom stereocenters. The van der Waals surface area contributed by atoms with Crippen LogP contribution in [0.4, 0.5) is 5.69 Å². The number of hydrogen-bond donors (Lipinski definition) is 1. The number of nitrogens with zero attached hydrogens (tertiary/aromatic N) is 1. The highest BCUT2D eigenvalue weighted by molar-refractivity contribution is 7.13. The minimum Gasteiger partial charge on any atom is -0.489 e. The van der Waals surface area contributed by atoms with Crippen LogP contribution in [0.2, 0.25) is 0 Å². The van der Waals surface area contributed by atoms with Crippen LogP contribution in [0, 0.1) is 13.8 Å². The zero-order valence-corrected chi connectivity index (χ0v) is 16.0. The number of rotatable bonds is 6. The van der Waals surface area contributed by atoms with E-state index in [0.717, 1.165) is 39.7 Å². The Morgan fingerprint density at radius 2 is 2.00 bits per heavy atom. The van der Waals surface area contributed by atoms with Crippen LogP contribution < -0.4 is 10.1 Å². The summed E-state index contributed by atoms with van der Waals surface area (Å²) in [5.74, 6) is 0.921. The SMILES string of the molecule is CCc1cccc(NC)c1COc1ccc(-c2nc(C)cs2)cc1C. The van der Waals surface area contributed by atoms with Gasteiger partial charge in [-0.2, -0.15) is 0 Å². The van der Waals surface area contributed by atoms with Gasteiger partial charge >= 0.3 is 0 Å². The van der Waals surface area contributed by atoms with Crippen LogP contribution in [0.1, 0.15) is 29.3 Å². The van der Waals surface area contributed by atoms with Crippen molar-refractivity contribution in [3.63, 3.8) is 0 Å². The summed E-state index contributed by atoms with van der Waals surface area (Å²) in [6, 6.07) is 12.6. The summed E-state index contributed by atoms with van der Waals surface area (Å²) in [4.78, 5) is 4.56. The molecule has 0 aliphatic carbocycles. The van der Waals surface area contributed by atoms with Gasteiger partial charge in [-0.15, -0.1) is 11.3 Å². The first-order valence-electron chi connectivity index (χ1n) is 8.56. The Labute approximate surface area is 153 Å². The number of aromatic nitrogens is 1. The maximum absolute atomic E-state index is 6.15. The van der Waals surface area contributed by atoms with Gasteiger partial charge in [-0.1, -0.05) is 19.1 Å². The molecule has 0 aliphatic rings. The molecule has 0 fully saturated rings. The maximum atomic E-state index is 6.15. The molecule has 3 aromatic rings. The minimum atomic E-state index is 0.566. The van der Waals surface area contributed by atoms with E-state index < -0.39 is 0 Å². The lowest BCUT2D eigenvalue weighted by Gasteiger charge is -2.16. The average Bonchev–Trinajstić information content (AvgIpc) is 3.06. The average molecular weight is 353 g/mol. The standard InChI is InChI=1S/C21H24N2OS/c1-5-16-7-6-8-19(22-4)18(16)12-24-20-10-9-17(11-14(20)2)21-23-15(3)13-25-21/h6-11,13,22H,5,12H2,1-4H3. The number of nitrogens with one attached hydrogen (secondary N) is 1. The van der Waals surface area contributed by atoms with Gasteiger partial charge in [0.05, 0.1) is 0 Å². The number of aryl methyl sites for hydroxylation is 3. The van der Waals surface area contributed by atoms with E-state index in [0.29, 0.717) is 6.61 Å². The van der Waals surface area contributed by atoms with E-state index in [9.17, 15) is 0 Å². The van der Waals surface area contributed by atoms with Crippen molar-refractivity contribution < 1.29 is 4.74 Å². The van der Waals surface area contributed by atoms with E-state index in [2.05, 4.69) is 65.9 Å². The van der Waals surface area contributed by atoms with Crippen molar-refractivity contribution >= 4 is 17.0 Å². The molecular formula is C21H24N2OS. The van der Waals surface area contributed by atoms with Crippen molar-refractivity contribution in [1.29, 1.82) is 0 Å². The van der Waals surface area contributed by atoms with Crippen LogP contribution in [-0.2, 0) is 13.0 Å². The van der Waals surface area contributed by atoms with Gasteiger partial charge in [0.25, 0.3) is 0 Å². The van der Waals surface area contributed by atoms with Crippen LogP contribution in [0.3, 0.4) is 0 Å². The molecular weight excluding hydrogens is 328 g/mol. The zero-order chi connectivity index (χ0) is 17.8. The van der Waals surface area contributed by atoms with Crippen LogP contribution in [0.15, 0.2) is 41.8 Å². The molecule has 1 N–H and O–H groups in total. The predicted octanol–water partition coefficient (Wildman–Crippen LogP) is 5.61. The van der Waals surface area contributed by atoms with E-state index in [1.54, 1.807) is 11.3 Å². The first kappa shape index (κ1) is 17.5. The van der Waals surface area contributed by atoms with Gasteiger partial charge in [-0.3, -0.25) is 0 Å². The predicted molar refractivity (Wildman–Crippen MR) is 107 cm³/mol. The van der Waals surface area contributed by atoms with Gasteiger partial charge in [0.15, 0.2) is 0 Å². The van der Waals surface area contributed by atoms with Gasteiger partial charge in [-0.25, -0.2) is 4.98 Å². The van der Waals surface area contributed by atoms with Gasteiger partial charge in [0.2, 0.25) is 0 Å². The lowest BCUT2D eigenvalue weighted by Crippen LogP contribution is -2.05. The number of thiazole rings is 1. The second-order valence-electron chi connectivity index (χ2n) is 6.11. The minimum absolute atomic E-state index is 0.566. The van der Waals surface area contributed by atoms with E-state index in [1.165, 1.54) is 11.1 Å². The Kier molecular flexibility index (Phi) is 5.39. The highest BCUT2D eigenvalue weighted by Gasteiger charge is 2.10. The molecule has 0 spiro atoms. The number of hydrogen-bond acceptors (Lipinski definition) is 4. The number of ether oxygens (including phenoxy) is 1. The molecule has 0 radical (unpaired) electrons. The van der Waals surface area contributed by atoms with E-state index in [1.807, 2.05) is 14.0 Å². The molecule has 4 heteroatoms. The number of benzene rings is 2. The van der Waals surface area contributed by atoms with E-state index in [4.69, 9.17) is 4.74 Å². The quantitative estimate of drug-likeness (QED) is 0.626. The third-order valence-electron chi connectivity index (χ3n) is 4.34. The van der Waals surface area contributed by atoms with Crippen molar-refractivity contribution in [1.82, 2.24) is 4.98 Å². The molecule has 25 heavy (non-hydrogen) atoms. The Balaban J connectivity index is 1.80. The van der Waals surface area contributed by atoms with Crippen LogP contribution in [-0.4, -0.2) is 12.0 Å². The van der Waals surface area contributed by atoms with E-state index >= 15 is 0 Å². The van der Waals surface area contributed by atoms with E-state index in [-0.39, 0.29) is 0 Å². The summed E-state index contributed by atoms with van der Waals surface area (Å²) in [5.41, 5.74) is 7.02. The molecule has 2 aromatic carbocycles. The summed E-state index contributed by atoms with van der Waals surface area (Å²) in [6.07, 6.45) is 0.996. The van der Waals surface area contributed by atoms with Crippen molar-refractivity contribution in [3.8, 4) is 16.3 Å². The third-order valence-corrected chi connectivity index (χ3v) is 5.35. The molecule has 0 bridgehead atoms. The second kappa shape index (κ2) is 7.70. The Morgan fingerprint density at radius 1 is 1.16 bits per heavy atom. The zero-order valence-electron chi connectivity index (χ0n) is 15.2. The van der Waals surface area contributed by atoms with Gasteiger partial charge in [0, 0.05) is 34.9 Å². The highest BCUT2D eigenvalue weighted by atomic mass is 32.1. The van der Waals surface area contributed by atoms with Gasteiger partial charge in [-0.05, 0) is 55.7 Å². The fraction of sp³-hybridized carbons (Fsp3) is 0.286. The Hall–Kier alpha value is -2.33. The third kappa shape index (κ3) is 3.85. The molecule has 0 saturated carbocycles. The molecule has 0 amide bonds.